The number of hydrogen-bond acceptors (Lipinski definition) is 3. The van der Waals surface area contributed by atoms with E-state index in [4.69, 9.17) is 9.47 Å². The summed E-state index contributed by atoms with van der Waals surface area (Å²) in [6.07, 6.45) is -4.82. The number of ether oxygens (including phenoxy) is 2. The Labute approximate surface area is 94.3 Å². The molecular formula is C10H20F3NO2. The molecule has 0 aliphatic carbocycles. The second kappa shape index (κ2) is 7.86. The van der Waals surface area contributed by atoms with E-state index in [0.717, 1.165) is 6.42 Å². The number of methoxy groups -OCH3 is 2. The van der Waals surface area contributed by atoms with Crippen LogP contribution >= 0.6 is 0 Å². The second-order valence-electron chi connectivity index (χ2n) is 3.55. The Bertz CT molecular complexity index is 172. The van der Waals surface area contributed by atoms with Gasteiger partial charge < -0.3 is 14.8 Å². The molecule has 0 aliphatic rings. The van der Waals surface area contributed by atoms with E-state index in [2.05, 4.69) is 5.32 Å². The first kappa shape index (κ1) is 15.7. The highest BCUT2D eigenvalue weighted by Crippen LogP contribution is 2.23. The highest BCUT2D eigenvalue weighted by molar-refractivity contribution is 4.72. The normalized spacial score (nSPS) is 14.4. The van der Waals surface area contributed by atoms with E-state index in [1.807, 2.05) is 6.92 Å². The van der Waals surface area contributed by atoms with Crippen LogP contribution in [0, 0.1) is 0 Å². The first-order chi connectivity index (χ1) is 7.44. The van der Waals surface area contributed by atoms with Gasteiger partial charge in [0.1, 0.15) is 0 Å². The van der Waals surface area contributed by atoms with Gasteiger partial charge in [-0.05, 0) is 19.4 Å². The summed E-state index contributed by atoms with van der Waals surface area (Å²) in [7, 11) is 2.84. The number of hydrogen-bond donors (Lipinski definition) is 1. The standard InChI is InChI=1S/C10H20F3NO2/c1-4-7-14-8(9(15-2)16-3)5-6-10(11,12)13/h8-9,14H,4-7H2,1-3H3. The molecule has 0 fully saturated rings. The molecule has 0 radical (unpaired) electrons. The number of nitrogens with one attached hydrogen (secondary N) is 1. The van der Waals surface area contributed by atoms with Crippen molar-refractivity contribution < 1.29 is 22.6 Å². The van der Waals surface area contributed by atoms with Gasteiger partial charge in [0.05, 0.1) is 6.04 Å². The summed E-state index contributed by atoms with van der Waals surface area (Å²) < 4.78 is 46.2. The minimum Gasteiger partial charge on any atom is -0.354 e. The fraction of sp³-hybridized carbons (Fsp3) is 1.00. The Morgan fingerprint density at radius 3 is 2.12 bits per heavy atom. The maximum atomic E-state index is 12.1. The SMILES string of the molecule is CCCNC(CCC(F)(F)F)C(OC)OC. The molecule has 0 bridgehead atoms. The second-order valence-corrected chi connectivity index (χ2v) is 3.55. The van der Waals surface area contributed by atoms with Crippen LogP contribution in [0.15, 0.2) is 0 Å². The molecule has 0 heterocycles. The Kier molecular flexibility index (Phi) is 7.70. The summed E-state index contributed by atoms with van der Waals surface area (Å²) in [5.74, 6) is 0. The van der Waals surface area contributed by atoms with Gasteiger partial charge in [-0.3, -0.25) is 0 Å². The van der Waals surface area contributed by atoms with E-state index in [9.17, 15) is 13.2 Å². The Balaban J connectivity index is 4.18. The van der Waals surface area contributed by atoms with E-state index < -0.39 is 24.9 Å². The monoisotopic (exact) mass is 243 g/mol. The summed E-state index contributed by atoms with van der Waals surface area (Å²) in [5.41, 5.74) is 0. The molecular weight excluding hydrogens is 223 g/mol. The Morgan fingerprint density at radius 2 is 1.75 bits per heavy atom. The average molecular weight is 243 g/mol. The number of halogens is 3. The largest absolute Gasteiger partial charge is 0.389 e. The van der Waals surface area contributed by atoms with Crippen molar-refractivity contribution in [3.63, 3.8) is 0 Å². The van der Waals surface area contributed by atoms with Crippen LogP contribution in [0.5, 0.6) is 0 Å². The summed E-state index contributed by atoms with van der Waals surface area (Å²) in [6.45, 7) is 2.59. The van der Waals surface area contributed by atoms with Crippen molar-refractivity contribution in [1.29, 1.82) is 0 Å². The average Bonchev–Trinajstić information content (AvgIpc) is 2.21. The van der Waals surface area contributed by atoms with Crippen LogP contribution in [0.4, 0.5) is 13.2 Å². The van der Waals surface area contributed by atoms with Gasteiger partial charge in [-0.2, -0.15) is 13.2 Å². The molecule has 16 heavy (non-hydrogen) atoms. The van der Waals surface area contributed by atoms with Crippen molar-refractivity contribution in [2.75, 3.05) is 20.8 Å². The van der Waals surface area contributed by atoms with Gasteiger partial charge in [-0.15, -0.1) is 0 Å². The van der Waals surface area contributed by atoms with E-state index in [-0.39, 0.29) is 6.42 Å². The zero-order valence-electron chi connectivity index (χ0n) is 9.93. The lowest BCUT2D eigenvalue weighted by atomic mass is 10.1. The lowest BCUT2D eigenvalue weighted by molar-refractivity contribution is -0.152. The van der Waals surface area contributed by atoms with Crippen LogP contribution in [0.3, 0.4) is 0 Å². The van der Waals surface area contributed by atoms with Gasteiger partial charge in [0, 0.05) is 20.6 Å². The number of rotatable bonds is 8. The number of alkyl halides is 3. The molecule has 0 saturated carbocycles. The molecule has 98 valence electrons. The first-order valence-corrected chi connectivity index (χ1v) is 5.30. The highest BCUT2D eigenvalue weighted by atomic mass is 19.4. The Morgan fingerprint density at radius 1 is 1.19 bits per heavy atom. The van der Waals surface area contributed by atoms with Gasteiger partial charge in [0.2, 0.25) is 0 Å². The van der Waals surface area contributed by atoms with Gasteiger partial charge in [0.15, 0.2) is 6.29 Å². The van der Waals surface area contributed by atoms with Crippen molar-refractivity contribution >= 4 is 0 Å². The first-order valence-electron chi connectivity index (χ1n) is 5.30. The fourth-order valence-electron chi connectivity index (χ4n) is 1.41. The van der Waals surface area contributed by atoms with Crippen molar-refractivity contribution in [2.24, 2.45) is 0 Å². The predicted molar refractivity (Wildman–Crippen MR) is 55.2 cm³/mol. The third kappa shape index (κ3) is 7.03. The minimum atomic E-state index is -4.14. The molecule has 0 aromatic heterocycles. The topological polar surface area (TPSA) is 30.5 Å². The molecule has 0 rings (SSSR count). The molecule has 0 aromatic carbocycles. The molecule has 0 aliphatic heterocycles. The van der Waals surface area contributed by atoms with Crippen LogP contribution in [-0.2, 0) is 9.47 Å². The summed E-state index contributed by atoms with van der Waals surface area (Å²) in [5, 5.41) is 2.99. The van der Waals surface area contributed by atoms with Gasteiger partial charge in [-0.1, -0.05) is 6.92 Å². The molecule has 0 amide bonds. The molecule has 6 heteroatoms. The lowest BCUT2D eigenvalue weighted by Crippen LogP contribution is -2.43. The zero-order chi connectivity index (χ0) is 12.6. The molecule has 0 aromatic rings. The Hall–Kier alpha value is -0.330. The quantitative estimate of drug-likeness (QED) is 0.664. The van der Waals surface area contributed by atoms with E-state index in [1.54, 1.807) is 0 Å². The lowest BCUT2D eigenvalue weighted by Gasteiger charge is -2.26. The van der Waals surface area contributed by atoms with Crippen LogP contribution in [0.1, 0.15) is 26.2 Å². The van der Waals surface area contributed by atoms with Crippen molar-refractivity contribution in [1.82, 2.24) is 5.32 Å². The van der Waals surface area contributed by atoms with Gasteiger partial charge >= 0.3 is 6.18 Å². The summed E-state index contributed by atoms with van der Waals surface area (Å²) in [4.78, 5) is 0. The maximum Gasteiger partial charge on any atom is 0.389 e. The zero-order valence-corrected chi connectivity index (χ0v) is 9.93. The maximum absolute atomic E-state index is 12.1. The van der Waals surface area contributed by atoms with Crippen molar-refractivity contribution in [3.05, 3.63) is 0 Å². The predicted octanol–water partition coefficient (Wildman–Crippen LogP) is 2.32. The minimum absolute atomic E-state index is 0.0458. The van der Waals surface area contributed by atoms with E-state index >= 15 is 0 Å². The smallest absolute Gasteiger partial charge is 0.354 e. The third-order valence-corrected chi connectivity index (χ3v) is 2.19. The molecule has 1 atom stereocenters. The van der Waals surface area contributed by atoms with Crippen LogP contribution in [0.25, 0.3) is 0 Å². The van der Waals surface area contributed by atoms with Gasteiger partial charge in [0.25, 0.3) is 0 Å². The third-order valence-electron chi connectivity index (χ3n) is 2.19. The molecule has 3 nitrogen and oxygen atoms in total. The van der Waals surface area contributed by atoms with Crippen LogP contribution < -0.4 is 5.32 Å². The van der Waals surface area contributed by atoms with Crippen LogP contribution in [0.2, 0.25) is 0 Å². The summed E-state index contributed by atoms with van der Waals surface area (Å²) >= 11 is 0. The van der Waals surface area contributed by atoms with E-state index in [1.165, 1.54) is 14.2 Å². The van der Waals surface area contributed by atoms with Gasteiger partial charge in [-0.25, -0.2) is 0 Å². The highest BCUT2D eigenvalue weighted by Gasteiger charge is 2.30. The molecule has 1 N–H and O–H groups in total. The van der Waals surface area contributed by atoms with E-state index in [0.29, 0.717) is 6.54 Å². The molecule has 0 spiro atoms. The fourth-order valence-corrected chi connectivity index (χ4v) is 1.41. The molecule has 1 unspecified atom stereocenters. The van der Waals surface area contributed by atoms with Crippen molar-refractivity contribution in [3.8, 4) is 0 Å². The summed E-state index contributed by atoms with van der Waals surface area (Å²) in [6, 6.07) is -0.434. The van der Waals surface area contributed by atoms with Crippen molar-refractivity contribution in [2.45, 2.75) is 44.7 Å². The van der Waals surface area contributed by atoms with Crippen LogP contribution in [-0.4, -0.2) is 39.3 Å². The molecule has 0 saturated heterocycles.